The van der Waals surface area contributed by atoms with E-state index in [0.717, 1.165) is 22.8 Å². The summed E-state index contributed by atoms with van der Waals surface area (Å²) in [6, 6.07) is 10.1. The quantitative estimate of drug-likeness (QED) is 0.737. The van der Waals surface area contributed by atoms with Crippen molar-refractivity contribution in [3.8, 4) is 0 Å². The molecule has 0 amide bonds. The Hall–Kier alpha value is -2.88. The fourth-order valence-electron chi connectivity index (χ4n) is 2.21. The first-order valence-electron chi connectivity index (χ1n) is 7.13. The molecule has 0 fully saturated rings. The van der Waals surface area contributed by atoms with Crippen LogP contribution in [0.2, 0.25) is 0 Å². The molecule has 0 saturated carbocycles. The van der Waals surface area contributed by atoms with Crippen LogP contribution in [0.3, 0.4) is 0 Å². The Morgan fingerprint density at radius 3 is 1.68 bits per heavy atom. The van der Waals surface area contributed by atoms with Crippen molar-refractivity contribution in [1.29, 1.82) is 0 Å². The van der Waals surface area contributed by atoms with Crippen LogP contribution < -0.4 is 0 Å². The highest BCUT2D eigenvalue weighted by Gasteiger charge is 1.96. The van der Waals surface area contributed by atoms with Crippen LogP contribution in [0.4, 0.5) is 0 Å². The van der Waals surface area contributed by atoms with Gasteiger partial charge in [0.25, 0.3) is 0 Å². The molecule has 0 aliphatic carbocycles. The summed E-state index contributed by atoms with van der Waals surface area (Å²) < 4.78 is 4.13. The fraction of sp³-hybridized carbons (Fsp3) is 0.111. The number of aryl methyl sites for hydroxylation is 2. The molecule has 0 aromatic carbocycles. The van der Waals surface area contributed by atoms with Gasteiger partial charge in [0.15, 0.2) is 0 Å². The number of nitrogens with zero attached hydrogens (tertiary/aromatic N) is 4. The SMILES string of the molecule is Cn1cccc1C=Cc1cc(C=Cc2cccn2C)ncn1. The Morgan fingerprint density at radius 2 is 1.27 bits per heavy atom. The minimum absolute atomic E-state index is 0.891. The third-order valence-electron chi connectivity index (χ3n) is 3.53. The number of hydrogen-bond acceptors (Lipinski definition) is 2. The summed E-state index contributed by atoms with van der Waals surface area (Å²) in [7, 11) is 4.04. The summed E-state index contributed by atoms with van der Waals surface area (Å²) in [6.45, 7) is 0. The van der Waals surface area contributed by atoms with Crippen molar-refractivity contribution >= 4 is 24.3 Å². The van der Waals surface area contributed by atoms with Gasteiger partial charge in [-0.25, -0.2) is 9.97 Å². The van der Waals surface area contributed by atoms with Gasteiger partial charge in [-0.05, 0) is 54.6 Å². The van der Waals surface area contributed by atoms with E-state index < -0.39 is 0 Å². The van der Waals surface area contributed by atoms with E-state index in [-0.39, 0.29) is 0 Å². The topological polar surface area (TPSA) is 35.6 Å². The van der Waals surface area contributed by atoms with Crippen molar-refractivity contribution in [1.82, 2.24) is 19.1 Å². The maximum Gasteiger partial charge on any atom is 0.116 e. The average molecular weight is 290 g/mol. The predicted octanol–water partition coefficient (Wildman–Crippen LogP) is 3.49. The third-order valence-corrected chi connectivity index (χ3v) is 3.53. The van der Waals surface area contributed by atoms with Crippen LogP contribution in [0.5, 0.6) is 0 Å². The smallest absolute Gasteiger partial charge is 0.116 e. The van der Waals surface area contributed by atoms with E-state index in [9.17, 15) is 0 Å². The Morgan fingerprint density at radius 1 is 0.773 bits per heavy atom. The monoisotopic (exact) mass is 290 g/mol. The molecular formula is C18H18N4. The third kappa shape index (κ3) is 3.23. The van der Waals surface area contributed by atoms with Gasteiger partial charge in [-0.1, -0.05) is 0 Å². The van der Waals surface area contributed by atoms with Crippen molar-refractivity contribution in [3.05, 3.63) is 71.8 Å². The predicted molar refractivity (Wildman–Crippen MR) is 90.7 cm³/mol. The lowest BCUT2D eigenvalue weighted by Gasteiger charge is -1.98. The molecule has 0 saturated heterocycles. The molecule has 0 radical (unpaired) electrons. The molecule has 3 aromatic rings. The molecule has 0 aliphatic rings. The normalized spacial score (nSPS) is 11.7. The van der Waals surface area contributed by atoms with Crippen LogP contribution in [0.25, 0.3) is 24.3 Å². The number of aromatic nitrogens is 4. The van der Waals surface area contributed by atoms with Crippen LogP contribution in [0.1, 0.15) is 22.8 Å². The van der Waals surface area contributed by atoms with Gasteiger partial charge < -0.3 is 9.13 Å². The van der Waals surface area contributed by atoms with Gasteiger partial charge in [0.05, 0.1) is 11.4 Å². The van der Waals surface area contributed by atoms with Crippen molar-refractivity contribution in [2.75, 3.05) is 0 Å². The maximum atomic E-state index is 4.28. The van der Waals surface area contributed by atoms with E-state index >= 15 is 0 Å². The van der Waals surface area contributed by atoms with E-state index in [0.29, 0.717) is 0 Å². The molecule has 22 heavy (non-hydrogen) atoms. The molecule has 4 nitrogen and oxygen atoms in total. The van der Waals surface area contributed by atoms with Crippen molar-refractivity contribution in [2.24, 2.45) is 14.1 Å². The van der Waals surface area contributed by atoms with E-state index in [1.54, 1.807) is 6.33 Å². The lowest BCUT2D eigenvalue weighted by molar-refractivity contribution is 0.915. The first-order valence-corrected chi connectivity index (χ1v) is 7.13. The molecule has 110 valence electrons. The minimum Gasteiger partial charge on any atom is -0.351 e. The standard InChI is InChI=1S/C18H18N4/c1-21-11-3-5-17(21)9-7-15-13-16(20-14-19-15)8-10-18-6-4-12-22(18)2/h3-14H,1-2H3. The highest BCUT2D eigenvalue weighted by molar-refractivity contribution is 5.70. The minimum atomic E-state index is 0.891. The summed E-state index contributed by atoms with van der Waals surface area (Å²) in [5.74, 6) is 0. The first-order chi connectivity index (χ1) is 10.7. The van der Waals surface area contributed by atoms with Gasteiger partial charge in [0.2, 0.25) is 0 Å². The van der Waals surface area contributed by atoms with Crippen LogP contribution in [-0.4, -0.2) is 19.1 Å². The van der Waals surface area contributed by atoms with Crippen LogP contribution in [0, 0.1) is 0 Å². The zero-order valence-corrected chi connectivity index (χ0v) is 12.7. The molecular weight excluding hydrogens is 272 g/mol. The zero-order chi connectivity index (χ0) is 15.4. The Labute approximate surface area is 130 Å². The summed E-state index contributed by atoms with van der Waals surface area (Å²) in [4.78, 5) is 8.57. The number of rotatable bonds is 4. The average Bonchev–Trinajstić information content (AvgIpc) is 3.12. The molecule has 3 heterocycles. The highest BCUT2D eigenvalue weighted by Crippen LogP contribution is 2.10. The Balaban J connectivity index is 1.78. The summed E-state index contributed by atoms with van der Waals surface area (Å²) in [6.07, 6.45) is 13.7. The molecule has 3 rings (SSSR count). The second-order valence-electron chi connectivity index (χ2n) is 5.12. The van der Waals surface area contributed by atoms with Gasteiger partial charge in [-0.2, -0.15) is 0 Å². The second-order valence-corrected chi connectivity index (χ2v) is 5.12. The van der Waals surface area contributed by atoms with Crippen molar-refractivity contribution in [2.45, 2.75) is 0 Å². The van der Waals surface area contributed by atoms with E-state index in [2.05, 4.69) is 31.2 Å². The number of hydrogen-bond donors (Lipinski definition) is 0. The molecule has 0 atom stereocenters. The summed E-state index contributed by atoms with van der Waals surface area (Å²) in [5, 5.41) is 0. The Kier molecular flexibility index (Phi) is 4.01. The van der Waals surface area contributed by atoms with Crippen LogP contribution in [0.15, 0.2) is 49.1 Å². The highest BCUT2D eigenvalue weighted by atomic mass is 14.9. The van der Waals surface area contributed by atoms with Crippen molar-refractivity contribution in [3.63, 3.8) is 0 Å². The van der Waals surface area contributed by atoms with Crippen molar-refractivity contribution < 1.29 is 0 Å². The first kappa shape index (κ1) is 14.1. The lowest BCUT2D eigenvalue weighted by atomic mass is 10.2. The van der Waals surface area contributed by atoms with Gasteiger partial charge in [0, 0.05) is 37.9 Å². The van der Waals surface area contributed by atoms with Gasteiger partial charge in [-0.15, -0.1) is 0 Å². The molecule has 4 heteroatoms. The van der Waals surface area contributed by atoms with Gasteiger partial charge in [-0.3, -0.25) is 0 Å². The fourth-order valence-corrected chi connectivity index (χ4v) is 2.21. The molecule has 0 spiro atoms. The molecule has 0 aliphatic heterocycles. The molecule has 0 bridgehead atoms. The van der Waals surface area contributed by atoms with Crippen LogP contribution >= 0.6 is 0 Å². The summed E-state index contributed by atoms with van der Waals surface area (Å²) in [5.41, 5.74) is 4.06. The zero-order valence-electron chi connectivity index (χ0n) is 12.7. The lowest BCUT2D eigenvalue weighted by Crippen LogP contribution is -1.90. The molecule has 3 aromatic heterocycles. The molecule has 0 unspecified atom stereocenters. The van der Waals surface area contributed by atoms with E-state index in [1.165, 1.54) is 0 Å². The van der Waals surface area contributed by atoms with Gasteiger partial charge >= 0.3 is 0 Å². The van der Waals surface area contributed by atoms with Crippen LogP contribution in [-0.2, 0) is 14.1 Å². The molecule has 0 N–H and O–H groups in total. The van der Waals surface area contributed by atoms with E-state index in [4.69, 9.17) is 0 Å². The maximum absolute atomic E-state index is 4.28. The second kappa shape index (κ2) is 6.26. The van der Waals surface area contributed by atoms with E-state index in [1.807, 2.05) is 69.0 Å². The summed E-state index contributed by atoms with van der Waals surface area (Å²) >= 11 is 0. The Bertz CT molecular complexity index is 755. The van der Waals surface area contributed by atoms with Gasteiger partial charge in [0.1, 0.15) is 6.33 Å². The largest absolute Gasteiger partial charge is 0.351 e.